The third kappa shape index (κ3) is 3.25. The van der Waals surface area contributed by atoms with Crippen LogP contribution in [0.25, 0.3) is 0 Å². The third-order valence-electron chi connectivity index (χ3n) is 2.70. The van der Waals surface area contributed by atoms with E-state index in [0.717, 1.165) is 16.9 Å². The van der Waals surface area contributed by atoms with Crippen LogP contribution in [0.1, 0.15) is 24.1 Å². The van der Waals surface area contributed by atoms with E-state index in [1.807, 2.05) is 55.5 Å². The summed E-state index contributed by atoms with van der Waals surface area (Å²) < 4.78 is 5.80. The molecule has 0 saturated carbocycles. The first-order valence-corrected chi connectivity index (χ1v) is 6.26. The van der Waals surface area contributed by atoms with Crippen molar-refractivity contribution in [3.63, 3.8) is 0 Å². The van der Waals surface area contributed by atoms with Gasteiger partial charge in [-0.15, -0.1) is 0 Å². The Labute approximate surface area is 112 Å². The average Bonchev–Trinajstić information content (AvgIpc) is 2.38. The lowest BCUT2D eigenvalue weighted by atomic mass is 10.1. The Morgan fingerprint density at radius 3 is 2.56 bits per heavy atom. The van der Waals surface area contributed by atoms with E-state index < -0.39 is 0 Å². The van der Waals surface area contributed by atoms with Gasteiger partial charge >= 0.3 is 0 Å². The van der Waals surface area contributed by atoms with Gasteiger partial charge in [0.15, 0.2) is 0 Å². The van der Waals surface area contributed by atoms with Crippen molar-refractivity contribution in [3.05, 3.63) is 64.7 Å². The molecule has 2 N–H and O–H groups in total. The molecule has 0 bridgehead atoms. The lowest BCUT2D eigenvalue weighted by molar-refractivity contribution is 0.301. The SMILES string of the molecule is C[C@H](N)c1cc(Cl)ccc1OCc1ccccc1. The van der Waals surface area contributed by atoms with Gasteiger partial charge < -0.3 is 10.5 Å². The number of halogens is 1. The van der Waals surface area contributed by atoms with Crippen molar-refractivity contribution in [3.8, 4) is 5.75 Å². The first kappa shape index (κ1) is 12.9. The second-order valence-corrected chi connectivity index (χ2v) is 4.68. The Morgan fingerprint density at radius 1 is 1.17 bits per heavy atom. The van der Waals surface area contributed by atoms with Crippen LogP contribution in [0.2, 0.25) is 5.02 Å². The molecule has 2 aromatic carbocycles. The maximum atomic E-state index is 5.97. The molecule has 0 radical (unpaired) electrons. The summed E-state index contributed by atoms with van der Waals surface area (Å²) in [5.41, 5.74) is 7.97. The van der Waals surface area contributed by atoms with Crippen molar-refractivity contribution in [1.82, 2.24) is 0 Å². The van der Waals surface area contributed by atoms with Crippen molar-refractivity contribution >= 4 is 11.6 Å². The highest BCUT2D eigenvalue weighted by Crippen LogP contribution is 2.27. The van der Waals surface area contributed by atoms with E-state index >= 15 is 0 Å². The molecule has 2 nitrogen and oxygen atoms in total. The van der Waals surface area contributed by atoms with Crippen molar-refractivity contribution in [2.24, 2.45) is 5.73 Å². The van der Waals surface area contributed by atoms with Crippen LogP contribution in [-0.2, 0) is 6.61 Å². The highest BCUT2D eigenvalue weighted by Gasteiger charge is 2.09. The molecule has 0 amide bonds. The van der Waals surface area contributed by atoms with Gasteiger partial charge in [0, 0.05) is 16.6 Å². The first-order chi connectivity index (χ1) is 8.66. The van der Waals surface area contributed by atoms with Gasteiger partial charge in [0.1, 0.15) is 12.4 Å². The number of nitrogens with two attached hydrogens (primary N) is 1. The molecular formula is C15H16ClNO. The largest absolute Gasteiger partial charge is 0.489 e. The lowest BCUT2D eigenvalue weighted by Crippen LogP contribution is -2.08. The van der Waals surface area contributed by atoms with Crippen molar-refractivity contribution in [2.45, 2.75) is 19.6 Å². The van der Waals surface area contributed by atoms with Gasteiger partial charge in [-0.1, -0.05) is 41.9 Å². The molecule has 0 fully saturated rings. The highest BCUT2D eigenvalue weighted by atomic mass is 35.5. The number of hydrogen-bond donors (Lipinski definition) is 1. The number of benzene rings is 2. The second kappa shape index (κ2) is 5.89. The van der Waals surface area contributed by atoms with Crippen LogP contribution in [0.4, 0.5) is 0 Å². The van der Waals surface area contributed by atoms with Gasteiger partial charge in [-0.05, 0) is 30.7 Å². The zero-order valence-corrected chi connectivity index (χ0v) is 11.0. The molecule has 2 rings (SSSR count). The van der Waals surface area contributed by atoms with Gasteiger partial charge in [-0.2, -0.15) is 0 Å². The summed E-state index contributed by atoms with van der Waals surface area (Å²) in [6.07, 6.45) is 0. The zero-order valence-electron chi connectivity index (χ0n) is 10.3. The lowest BCUT2D eigenvalue weighted by Gasteiger charge is -2.14. The third-order valence-corrected chi connectivity index (χ3v) is 2.93. The summed E-state index contributed by atoms with van der Waals surface area (Å²) >= 11 is 5.97. The molecule has 0 aliphatic carbocycles. The Hall–Kier alpha value is -1.51. The van der Waals surface area contributed by atoms with Crippen molar-refractivity contribution < 1.29 is 4.74 Å². The zero-order chi connectivity index (χ0) is 13.0. The van der Waals surface area contributed by atoms with Crippen LogP contribution >= 0.6 is 11.6 Å². The molecule has 0 unspecified atom stereocenters. The molecule has 0 heterocycles. The molecule has 94 valence electrons. The van der Waals surface area contributed by atoms with Crippen molar-refractivity contribution in [2.75, 3.05) is 0 Å². The van der Waals surface area contributed by atoms with Crippen LogP contribution in [-0.4, -0.2) is 0 Å². The molecule has 0 saturated heterocycles. The molecule has 1 atom stereocenters. The molecule has 0 aromatic heterocycles. The number of hydrogen-bond acceptors (Lipinski definition) is 2. The maximum Gasteiger partial charge on any atom is 0.124 e. The summed E-state index contributed by atoms with van der Waals surface area (Å²) in [6, 6.07) is 15.5. The molecule has 0 aliphatic heterocycles. The second-order valence-electron chi connectivity index (χ2n) is 4.25. The fourth-order valence-electron chi connectivity index (χ4n) is 1.74. The maximum absolute atomic E-state index is 5.97. The smallest absolute Gasteiger partial charge is 0.124 e. The molecule has 2 aromatic rings. The van der Waals surface area contributed by atoms with E-state index in [-0.39, 0.29) is 6.04 Å². The molecule has 3 heteroatoms. The minimum Gasteiger partial charge on any atom is -0.489 e. The molecular weight excluding hydrogens is 246 g/mol. The fourth-order valence-corrected chi connectivity index (χ4v) is 1.92. The van der Waals surface area contributed by atoms with E-state index in [4.69, 9.17) is 22.1 Å². The molecule has 0 aliphatic rings. The molecule has 18 heavy (non-hydrogen) atoms. The summed E-state index contributed by atoms with van der Waals surface area (Å²) in [4.78, 5) is 0. The minimum atomic E-state index is -0.102. The minimum absolute atomic E-state index is 0.102. The Morgan fingerprint density at radius 2 is 1.89 bits per heavy atom. The quantitative estimate of drug-likeness (QED) is 0.905. The van der Waals surface area contributed by atoms with Gasteiger partial charge in [0.25, 0.3) is 0 Å². The Kier molecular flexibility index (Phi) is 4.24. The normalized spacial score (nSPS) is 12.2. The average molecular weight is 262 g/mol. The van der Waals surface area contributed by atoms with E-state index in [2.05, 4.69) is 0 Å². The number of ether oxygens (including phenoxy) is 1. The highest BCUT2D eigenvalue weighted by molar-refractivity contribution is 6.30. The summed E-state index contributed by atoms with van der Waals surface area (Å²) in [5.74, 6) is 0.790. The summed E-state index contributed by atoms with van der Waals surface area (Å²) in [7, 11) is 0. The van der Waals surface area contributed by atoms with Crippen LogP contribution in [0.5, 0.6) is 5.75 Å². The van der Waals surface area contributed by atoms with Crippen LogP contribution in [0.15, 0.2) is 48.5 Å². The Balaban J connectivity index is 2.14. The monoisotopic (exact) mass is 261 g/mol. The standard InChI is InChI=1S/C15H16ClNO/c1-11(17)14-9-13(16)7-8-15(14)18-10-12-5-3-2-4-6-12/h2-9,11H,10,17H2,1H3/t11-/m0/s1. The summed E-state index contributed by atoms with van der Waals surface area (Å²) in [6.45, 7) is 2.45. The topological polar surface area (TPSA) is 35.2 Å². The van der Waals surface area contributed by atoms with Gasteiger partial charge in [0.05, 0.1) is 0 Å². The number of rotatable bonds is 4. The predicted octanol–water partition coefficient (Wildman–Crippen LogP) is 3.94. The first-order valence-electron chi connectivity index (χ1n) is 5.88. The van der Waals surface area contributed by atoms with Crippen LogP contribution < -0.4 is 10.5 Å². The van der Waals surface area contributed by atoms with Crippen molar-refractivity contribution in [1.29, 1.82) is 0 Å². The predicted molar refractivity (Wildman–Crippen MR) is 74.8 cm³/mol. The summed E-state index contributed by atoms with van der Waals surface area (Å²) in [5, 5.41) is 0.675. The van der Waals surface area contributed by atoms with Crippen LogP contribution in [0.3, 0.4) is 0 Å². The fraction of sp³-hybridized carbons (Fsp3) is 0.200. The van der Waals surface area contributed by atoms with E-state index in [1.165, 1.54) is 0 Å². The van der Waals surface area contributed by atoms with Crippen LogP contribution in [0, 0.1) is 0 Å². The van der Waals surface area contributed by atoms with E-state index in [9.17, 15) is 0 Å². The van der Waals surface area contributed by atoms with Gasteiger partial charge in [0.2, 0.25) is 0 Å². The Bertz CT molecular complexity index is 511. The van der Waals surface area contributed by atoms with E-state index in [1.54, 1.807) is 0 Å². The van der Waals surface area contributed by atoms with Gasteiger partial charge in [-0.25, -0.2) is 0 Å². The van der Waals surface area contributed by atoms with E-state index in [0.29, 0.717) is 11.6 Å². The molecule has 0 spiro atoms. The van der Waals surface area contributed by atoms with Gasteiger partial charge in [-0.3, -0.25) is 0 Å².